The fourth-order valence-electron chi connectivity index (χ4n) is 2.00. The van der Waals surface area contributed by atoms with E-state index in [9.17, 15) is 0 Å². The Morgan fingerprint density at radius 2 is 1.95 bits per heavy atom. The lowest BCUT2D eigenvalue weighted by Crippen LogP contribution is -2.01. The molecule has 2 heterocycles. The molecule has 0 atom stereocenters. The highest BCUT2D eigenvalue weighted by molar-refractivity contribution is 7.18. The fourth-order valence-corrected chi connectivity index (χ4v) is 2.94. The Balaban J connectivity index is 0.00000147. The molecule has 0 amide bonds. The molecule has 0 fully saturated rings. The predicted molar refractivity (Wildman–Crippen MR) is 87.8 cm³/mol. The number of anilines is 1. The molecule has 0 spiro atoms. The Kier molecular flexibility index (Phi) is 4.93. The minimum atomic E-state index is 0. The van der Waals surface area contributed by atoms with E-state index in [0.29, 0.717) is 0 Å². The molecule has 1 N–H and O–H groups in total. The molecule has 0 aliphatic rings. The van der Waals surface area contributed by atoms with Crippen molar-refractivity contribution >= 4 is 39.8 Å². The van der Waals surface area contributed by atoms with E-state index in [1.54, 1.807) is 17.7 Å². The minimum absolute atomic E-state index is 0. The fraction of sp³-hybridized carbons (Fsp3) is 0.200. The maximum Gasteiger partial charge on any atom is 0.138 e. The van der Waals surface area contributed by atoms with Crippen molar-refractivity contribution in [2.75, 3.05) is 5.32 Å². The number of benzene rings is 1. The van der Waals surface area contributed by atoms with Gasteiger partial charge >= 0.3 is 0 Å². The van der Waals surface area contributed by atoms with Gasteiger partial charge in [0, 0.05) is 11.4 Å². The van der Waals surface area contributed by atoms with Gasteiger partial charge in [-0.1, -0.05) is 37.3 Å². The molecule has 0 aliphatic carbocycles. The molecule has 3 nitrogen and oxygen atoms in total. The van der Waals surface area contributed by atoms with Crippen molar-refractivity contribution in [2.45, 2.75) is 19.9 Å². The first-order valence-corrected chi connectivity index (χ1v) is 7.19. The first-order chi connectivity index (χ1) is 9.36. The summed E-state index contributed by atoms with van der Waals surface area (Å²) < 4.78 is 0. The quantitative estimate of drug-likeness (QED) is 0.781. The van der Waals surface area contributed by atoms with Crippen molar-refractivity contribution in [3.05, 3.63) is 53.2 Å². The standard InChI is InChI=1S/C15H15N3S.ClH/c1-2-12-8-13-14(17-10-18-15(13)19-12)16-9-11-6-4-3-5-7-11;/h3-8,10H,2,9H2,1H3,(H,16,17,18);1H. The molecule has 0 saturated heterocycles. The van der Waals surface area contributed by atoms with Crippen molar-refractivity contribution in [1.82, 2.24) is 9.97 Å². The third-order valence-electron chi connectivity index (χ3n) is 3.03. The third-order valence-corrected chi connectivity index (χ3v) is 4.22. The summed E-state index contributed by atoms with van der Waals surface area (Å²) >= 11 is 1.74. The zero-order chi connectivity index (χ0) is 13.1. The van der Waals surface area contributed by atoms with E-state index in [4.69, 9.17) is 0 Å². The zero-order valence-electron chi connectivity index (χ0n) is 11.2. The maximum atomic E-state index is 4.35. The largest absolute Gasteiger partial charge is 0.365 e. The summed E-state index contributed by atoms with van der Waals surface area (Å²) in [4.78, 5) is 11.1. The lowest BCUT2D eigenvalue weighted by Gasteiger charge is -2.06. The predicted octanol–water partition coefficient (Wildman–Crippen LogP) is 4.29. The van der Waals surface area contributed by atoms with E-state index in [1.807, 2.05) is 18.2 Å². The number of nitrogens with zero attached hydrogens (tertiary/aromatic N) is 2. The number of rotatable bonds is 4. The van der Waals surface area contributed by atoms with Gasteiger partial charge in [0.2, 0.25) is 0 Å². The van der Waals surface area contributed by atoms with Gasteiger partial charge in [-0.15, -0.1) is 23.7 Å². The highest BCUT2D eigenvalue weighted by Crippen LogP contribution is 2.28. The van der Waals surface area contributed by atoms with Crippen LogP contribution in [0.3, 0.4) is 0 Å². The Morgan fingerprint density at radius 3 is 2.70 bits per heavy atom. The maximum absolute atomic E-state index is 4.35. The second-order valence-corrected chi connectivity index (χ2v) is 5.46. The van der Waals surface area contributed by atoms with Crippen LogP contribution in [0.5, 0.6) is 0 Å². The van der Waals surface area contributed by atoms with Gasteiger partial charge in [0.1, 0.15) is 17.0 Å². The Hall–Kier alpha value is -1.65. The average molecular weight is 306 g/mol. The summed E-state index contributed by atoms with van der Waals surface area (Å²) in [6.45, 7) is 2.94. The molecule has 0 saturated carbocycles. The SMILES string of the molecule is CCc1cc2c(NCc3ccccc3)ncnc2s1.Cl. The number of aromatic nitrogens is 2. The summed E-state index contributed by atoms with van der Waals surface area (Å²) in [5.41, 5.74) is 1.25. The average Bonchev–Trinajstić information content (AvgIpc) is 2.90. The van der Waals surface area contributed by atoms with Crippen LogP contribution in [0, 0.1) is 0 Å². The number of halogens is 1. The molecule has 0 unspecified atom stereocenters. The van der Waals surface area contributed by atoms with Crippen LogP contribution in [0.15, 0.2) is 42.7 Å². The molecule has 0 bridgehead atoms. The van der Waals surface area contributed by atoms with Gasteiger partial charge in [0.15, 0.2) is 0 Å². The molecule has 3 aromatic rings. The summed E-state index contributed by atoms with van der Waals surface area (Å²) in [6, 6.07) is 12.5. The second kappa shape index (κ2) is 6.68. The van der Waals surface area contributed by atoms with Crippen LogP contribution in [-0.4, -0.2) is 9.97 Å². The number of fused-ring (bicyclic) bond motifs is 1. The van der Waals surface area contributed by atoms with E-state index in [2.05, 4.69) is 40.4 Å². The van der Waals surface area contributed by atoms with Crippen LogP contribution in [0.2, 0.25) is 0 Å². The summed E-state index contributed by atoms with van der Waals surface area (Å²) in [7, 11) is 0. The molecule has 2 aromatic heterocycles. The molecule has 0 radical (unpaired) electrons. The van der Waals surface area contributed by atoms with Gasteiger partial charge in [0.05, 0.1) is 5.39 Å². The molecule has 20 heavy (non-hydrogen) atoms. The van der Waals surface area contributed by atoms with Gasteiger partial charge in [-0.05, 0) is 18.1 Å². The van der Waals surface area contributed by atoms with E-state index < -0.39 is 0 Å². The van der Waals surface area contributed by atoms with E-state index in [-0.39, 0.29) is 12.4 Å². The molecule has 1 aromatic carbocycles. The summed E-state index contributed by atoms with van der Waals surface area (Å²) in [5.74, 6) is 0.921. The third kappa shape index (κ3) is 3.08. The minimum Gasteiger partial charge on any atom is -0.365 e. The van der Waals surface area contributed by atoms with Gasteiger partial charge in [-0.2, -0.15) is 0 Å². The van der Waals surface area contributed by atoms with Gasteiger partial charge in [-0.25, -0.2) is 9.97 Å². The van der Waals surface area contributed by atoms with Gasteiger partial charge in [-0.3, -0.25) is 0 Å². The highest BCUT2D eigenvalue weighted by atomic mass is 35.5. The van der Waals surface area contributed by atoms with Crippen molar-refractivity contribution in [1.29, 1.82) is 0 Å². The number of thiophene rings is 1. The van der Waals surface area contributed by atoms with E-state index >= 15 is 0 Å². The summed E-state index contributed by atoms with van der Waals surface area (Å²) in [5, 5.41) is 4.52. The Morgan fingerprint density at radius 1 is 1.15 bits per heavy atom. The monoisotopic (exact) mass is 305 g/mol. The normalized spacial score (nSPS) is 10.2. The molecule has 5 heteroatoms. The van der Waals surface area contributed by atoms with Crippen LogP contribution in [0.4, 0.5) is 5.82 Å². The lowest BCUT2D eigenvalue weighted by molar-refractivity contribution is 1.10. The number of hydrogen-bond donors (Lipinski definition) is 1. The molecule has 3 rings (SSSR count). The number of nitrogens with one attached hydrogen (secondary N) is 1. The lowest BCUT2D eigenvalue weighted by atomic mass is 10.2. The molecule has 0 aliphatic heterocycles. The highest BCUT2D eigenvalue weighted by Gasteiger charge is 2.07. The van der Waals surface area contributed by atoms with Gasteiger partial charge in [0.25, 0.3) is 0 Å². The van der Waals surface area contributed by atoms with Crippen LogP contribution in [0.25, 0.3) is 10.2 Å². The second-order valence-electron chi connectivity index (χ2n) is 4.35. The first kappa shape index (κ1) is 14.8. The Bertz CT molecular complexity index is 682. The molecular weight excluding hydrogens is 290 g/mol. The van der Waals surface area contributed by atoms with Crippen LogP contribution in [0.1, 0.15) is 17.4 Å². The van der Waals surface area contributed by atoms with Crippen LogP contribution in [-0.2, 0) is 13.0 Å². The molecular formula is C15H16ClN3S. The van der Waals surface area contributed by atoms with Crippen molar-refractivity contribution in [3.63, 3.8) is 0 Å². The zero-order valence-corrected chi connectivity index (χ0v) is 12.8. The summed E-state index contributed by atoms with van der Waals surface area (Å²) in [6.07, 6.45) is 2.67. The van der Waals surface area contributed by atoms with E-state index in [0.717, 1.165) is 29.0 Å². The van der Waals surface area contributed by atoms with Crippen LogP contribution >= 0.6 is 23.7 Å². The first-order valence-electron chi connectivity index (χ1n) is 6.38. The molecule has 104 valence electrons. The van der Waals surface area contributed by atoms with E-state index in [1.165, 1.54) is 10.4 Å². The smallest absolute Gasteiger partial charge is 0.138 e. The van der Waals surface area contributed by atoms with Gasteiger partial charge < -0.3 is 5.32 Å². The van der Waals surface area contributed by atoms with Crippen LogP contribution < -0.4 is 5.32 Å². The van der Waals surface area contributed by atoms with Crippen molar-refractivity contribution in [2.24, 2.45) is 0 Å². The van der Waals surface area contributed by atoms with Crippen molar-refractivity contribution < 1.29 is 0 Å². The topological polar surface area (TPSA) is 37.8 Å². The number of hydrogen-bond acceptors (Lipinski definition) is 4. The Labute approximate surface area is 128 Å². The van der Waals surface area contributed by atoms with Crippen molar-refractivity contribution in [3.8, 4) is 0 Å². The number of aryl methyl sites for hydroxylation is 1.